The number of anilines is 4. The summed E-state index contributed by atoms with van der Waals surface area (Å²) >= 11 is 1.58. The Morgan fingerprint density at radius 2 is 1.87 bits per heavy atom. The molecule has 1 aliphatic heterocycles. The normalized spacial score (nSPS) is 13.6. The van der Waals surface area contributed by atoms with Gasteiger partial charge < -0.3 is 16.0 Å². The highest BCUT2D eigenvalue weighted by Crippen LogP contribution is 2.32. The van der Waals surface area contributed by atoms with E-state index in [0.29, 0.717) is 29.4 Å². The van der Waals surface area contributed by atoms with Crippen molar-refractivity contribution in [3.05, 3.63) is 89.9 Å². The second-order valence-electron chi connectivity index (χ2n) is 10.0. The summed E-state index contributed by atoms with van der Waals surface area (Å²) in [4.78, 5) is 23.4. The predicted octanol–water partition coefficient (Wildman–Crippen LogP) is 6.66. The van der Waals surface area contributed by atoms with Crippen LogP contribution in [0.4, 0.5) is 27.5 Å². The summed E-state index contributed by atoms with van der Waals surface area (Å²) in [7, 11) is 0. The highest BCUT2D eigenvalue weighted by molar-refractivity contribution is 7.97. The molecule has 1 aromatic heterocycles. The fourth-order valence-electron chi connectivity index (χ4n) is 4.22. The van der Waals surface area contributed by atoms with Gasteiger partial charge in [0.2, 0.25) is 11.9 Å². The third kappa shape index (κ3) is 6.21. The number of benzene rings is 3. The number of rotatable bonds is 4. The van der Waals surface area contributed by atoms with Crippen molar-refractivity contribution in [3.8, 4) is 11.1 Å². The summed E-state index contributed by atoms with van der Waals surface area (Å²) in [5.41, 5.74) is 3.42. The molecule has 0 atom stereocenters. The Hall–Kier alpha value is -3.95. The van der Waals surface area contributed by atoms with Gasteiger partial charge in [-0.15, -0.1) is 0 Å². The number of nitrogens with zero attached hydrogens (tertiary/aromatic N) is 2. The van der Waals surface area contributed by atoms with Crippen molar-refractivity contribution in [1.29, 1.82) is 0 Å². The maximum atomic E-state index is 15.3. The van der Waals surface area contributed by atoms with Crippen LogP contribution in [0.2, 0.25) is 0 Å². The van der Waals surface area contributed by atoms with Gasteiger partial charge in [-0.3, -0.25) is 9.52 Å². The summed E-state index contributed by atoms with van der Waals surface area (Å²) in [6, 6.07) is 20.5. The molecule has 1 aliphatic rings. The molecule has 0 saturated heterocycles. The summed E-state index contributed by atoms with van der Waals surface area (Å²) in [5.74, 6) is 0.232. The topological polar surface area (TPSA) is 91.0 Å². The molecule has 4 aromatic rings. The van der Waals surface area contributed by atoms with Gasteiger partial charge in [-0.05, 0) is 80.6 Å². The van der Waals surface area contributed by atoms with E-state index in [2.05, 4.69) is 30.6 Å². The Labute approximate surface area is 232 Å². The first kappa shape index (κ1) is 26.6. The molecule has 0 spiro atoms. The molecule has 5 rings (SSSR count). The van der Waals surface area contributed by atoms with Crippen molar-refractivity contribution in [1.82, 2.24) is 14.7 Å². The highest BCUT2D eigenvalue weighted by Gasteiger charge is 2.30. The molecular formula is C30H31FN6OS. The van der Waals surface area contributed by atoms with E-state index in [9.17, 15) is 4.79 Å². The Morgan fingerprint density at radius 3 is 2.67 bits per heavy atom. The van der Waals surface area contributed by atoms with Gasteiger partial charge in [0.05, 0.1) is 11.1 Å². The average Bonchev–Trinajstić information content (AvgIpc) is 2.92. The summed E-state index contributed by atoms with van der Waals surface area (Å²) in [6.07, 6.45) is 2.55. The molecule has 1 amide bonds. The minimum Gasteiger partial charge on any atom is -0.369 e. The number of halogens is 1. The van der Waals surface area contributed by atoms with Gasteiger partial charge in [-0.1, -0.05) is 42.0 Å². The molecule has 0 unspecified atom stereocenters. The van der Waals surface area contributed by atoms with Crippen molar-refractivity contribution in [2.75, 3.05) is 29.0 Å². The van der Waals surface area contributed by atoms with Gasteiger partial charge >= 0.3 is 0 Å². The zero-order valence-corrected chi connectivity index (χ0v) is 23.0. The maximum absolute atomic E-state index is 15.3. The number of hydrogen-bond donors (Lipinski definition) is 4. The summed E-state index contributed by atoms with van der Waals surface area (Å²) in [5, 5.41) is 9.39. The molecule has 4 N–H and O–H groups in total. The minimum atomic E-state index is -0.832. The highest BCUT2D eigenvalue weighted by atomic mass is 32.2. The van der Waals surface area contributed by atoms with Crippen LogP contribution >= 0.6 is 11.9 Å². The van der Waals surface area contributed by atoms with E-state index in [1.165, 1.54) is 6.07 Å². The predicted molar refractivity (Wildman–Crippen MR) is 157 cm³/mol. The molecule has 4 bridgehead atoms. The zero-order chi connectivity index (χ0) is 27.4. The van der Waals surface area contributed by atoms with Crippen LogP contribution in [-0.2, 0) is 10.2 Å². The van der Waals surface area contributed by atoms with E-state index in [1.54, 1.807) is 30.3 Å². The Morgan fingerprint density at radius 1 is 1.05 bits per heavy atom. The first-order valence-electron chi connectivity index (χ1n) is 12.9. The number of carbonyl (C=O) groups excluding carboxylic acids is 1. The average molecular weight is 543 g/mol. The van der Waals surface area contributed by atoms with Gasteiger partial charge in [-0.25, -0.2) is 9.37 Å². The first-order valence-corrected chi connectivity index (χ1v) is 13.7. The number of aryl methyl sites for hydroxylation is 1. The molecular weight excluding hydrogens is 511 g/mol. The zero-order valence-electron chi connectivity index (χ0n) is 22.1. The van der Waals surface area contributed by atoms with Crippen molar-refractivity contribution >= 4 is 41.0 Å². The summed E-state index contributed by atoms with van der Waals surface area (Å²) < 4.78 is 18.7. The molecule has 0 radical (unpaired) electrons. The largest absolute Gasteiger partial charge is 0.369 e. The first-order chi connectivity index (χ1) is 18.8. The molecule has 2 heterocycles. The van der Waals surface area contributed by atoms with Crippen molar-refractivity contribution in [2.24, 2.45) is 0 Å². The van der Waals surface area contributed by atoms with E-state index in [4.69, 9.17) is 0 Å². The molecule has 200 valence electrons. The minimum absolute atomic E-state index is 0.125. The monoisotopic (exact) mass is 542 g/mol. The smallest absolute Gasteiger partial charge is 0.234 e. The molecule has 3 aromatic carbocycles. The SMILES string of the molecule is Cc1ccc(C(C)(C)C(=O)Nc2ccc(-c3cnc4nc3NCCCNSc3cccc(c3)N4)cc2F)cc1. The van der Waals surface area contributed by atoms with Crippen molar-refractivity contribution in [3.63, 3.8) is 0 Å². The molecule has 39 heavy (non-hydrogen) atoms. The number of nitrogens with one attached hydrogen (secondary N) is 4. The standard InChI is InChI=1S/C30H31FN6OS/c1-19-8-11-21(12-9-19)30(2,3)28(38)36-26-13-10-20(16-25(26)31)24-18-33-29-35-22-6-4-7-23(17-22)39-34-15-5-14-32-27(24)37-29/h4,6-13,16-18,34H,5,14-15H2,1-3H3,(H,36,38)(H2,32,33,35,37). The van der Waals surface area contributed by atoms with Crippen LogP contribution in [0.5, 0.6) is 0 Å². The van der Waals surface area contributed by atoms with Crippen LogP contribution in [0.1, 0.15) is 31.4 Å². The maximum Gasteiger partial charge on any atom is 0.234 e. The van der Waals surface area contributed by atoms with Crippen molar-refractivity contribution in [2.45, 2.75) is 37.5 Å². The van der Waals surface area contributed by atoms with E-state index in [-0.39, 0.29) is 11.6 Å². The van der Waals surface area contributed by atoms with E-state index in [0.717, 1.165) is 34.7 Å². The fraction of sp³-hybridized carbons (Fsp3) is 0.233. The van der Waals surface area contributed by atoms with E-state index >= 15 is 4.39 Å². The van der Waals surface area contributed by atoms with Crippen LogP contribution in [0.3, 0.4) is 0 Å². The number of aromatic nitrogens is 2. The lowest BCUT2D eigenvalue weighted by Gasteiger charge is -2.24. The van der Waals surface area contributed by atoms with Gasteiger partial charge in [0.1, 0.15) is 11.6 Å². The van der Waals surface area contributed by atoms with E-state index in [1.807, 2.05) is 69.3 Å². The molecule has 7 nitrogen and oxygen atoms in total. The van der Waals surface area contributed by atoms with Crippen LogP contribution in [0.15, 0.2) is 77.8 Å². The van der Waals surface area contributed by atoms with Crippen LogP contribution < -0.4 is 20.7 Å². The van der Waals surface area contributed by atoms with Gasteiger partial charge in [0, 0.05) is 35.4 Å². The fourth-order valence-corrected chi connectivity index (χ4v) is 4.97. The molecule has 0 saturated carbocycles. The van der Waals surface area contributed by atoms with Crippen LogP contribution in [0, 0.1) is 12.7 Å². The Kier molecular flexibility index (Phi) is 7.81. The summed E-state index contributed by atoms with van der Waals surface area (Å²) in [6.45, 7) is 7.14. The van der Waals surface area contributed by atoms with Crippen LogP contribution in [0.25, 0.3) is 11.1 Å². The molecule has 0 aliphatic carbocycles. The third-order valence-corrected chi connectivity index (χ3v) is 7.52. The number of carbonyl (C=O) groups is 1. The molecule has 0 fully saturated rings. The van der Waals surface area contributed by atoms with Gasteiger partial charge in [0.25, 0.3) is 0 Å². The molecule has 9 heteroatoms. The van der Waals surface area contributed by atoms with E-state index < -0.39 is 11.2 Å². The lowest BCUT2D eigenvalue weighted by atomic mass is 9.83. The quantitative estimate of drug-likeness (QED) is 0.214. The van der Waals surface area contributed by atoms with Crippen molar-refractivity contribution < 1.29 is 9.18 Å². The number of hydrogen-bond acceptors (Lipinski definition) is 7. The number of amides is 1. The second kappa shape index (κ2) is 11.4. The van der Waals surface area contributed by atoms with Gasteiger partial charge in [0.15, 0.2) is 0 Å². The van der Waals surface area contributed by atoms with Crippen LogP contribution in [-0.4, -0.2) is 29.0 Å². The van der Waals surface area contributed by atoms with Gasteiger partial charge in [-0.2, -0.15) is 4.98 Å². The third-order valence-electron chi connectivity index (χ3n) is 6.69. The number of fused-ring (bicyclic) bond motifs is 4. The lowest BCUT2D eigenvalue weighted by Crippen LogP contribution is -2.35. The second-order valence-corrected chi connectivity index (χ2v) is 11.0. The Bertz CT molecular complexity index is 1490. The Balaban J connectivity index is 1.39. The lowest BCUT2D eigenvalue weighted by molar-refractivity contribution is -0.120.